The third-order valence-electron chi connectivity index (χ3n) is 8.28. The molecule has 0 spiro atoms. The van der Waals surface area contributed by atoms with Gasteiger partial charge in [0.15, 0.2) is 6.10 Å². The van der Waals surface area contributed by atoms with Gasteiger partial charge in [-0.25, -0.2) is 4.57 Å². The van der Waals surface area contributed by atoms with Crippen molar-refractivity contribution in [2.75, 3.05) is 47.5 Å². The lowest BCUT2D eigenvalue weighted by atomic mass is 10.1. The summed E-state index contributed by atoms with van der Waals surface area (Å²) in [6, 6.07) is 0. The van der Waals surface area contributed by atoms with Crippen LogP contribution in [0, 0.1) is 0 Å². The van der Waals surface area contributed by atoms with Crippen LogP contribution in [-0.2, 0) is 32.7 Å². The Morgan fingerprint density at radius 3 is 1.60 bits per heavy atom. The number of carbonyl (C=O) groups excluding carboxylic acids is 2. The molecule has 0 aliphatic carbocycles. The first-order valence-electron chi connectivity index (χ1n) is 20.5. The highest BCUT2D eigenvalue weighted by Crippen LogP contribution is 2.43. The number of ether oxygens (including phenoxy) is 2. The minimum atomic E-state index is -4.38. The number of hydrogen-bond acceptors (Lipinski definition) is 7. The van der Waals surface area contributed by atoms with E-state index in [1.807, 2.05) is 21.1 Å². The van der Waals surface area contributed by atoms with Crippen molar-refractivity contribution in [3.63, 3.8) is 0 Å². The number of allylic oxidation sites excluding steroid dienone is 10. The number of esters is 2. The average Bonchev–Trinajstić information content (AvgIpc) is 3.10. The maximum absolute atomic E-state index is 12.6. The molecule has 0 saturated heterocycles. The lowest BCUT2D eigenvalue weighted by Crippen LogP contribution is -2.37. The highest BCUT2D eigenvalue weighted by Gasteiger charge is 2.27. The molecule has 0 aliphatic heterocycles. The largest absolute Gasteiger partial charge is 0.472 e. The summed E-state index contributed by atoms with van der Waals surface area (Å²) in [5.41, 5.74) is 0. The van der Waals surface area contributed by atoms with Gasteiger partial charge in [-0.2, -0.15) is 0 Å². The lowest BCUT2D eigenvalue weighted by Gasteiger charge is -2.24. The quantitative estimate of drug-likeness (QED) is 0.0221. The monoisotopic (exact) mass is 767 g/mol. The number of likely N-dealkylation sites (N-methyl/N-ethyl adjacent to an activating group) is 1. The number of unbranched alkanes of at least 4 members (excludes halogenated alkanes) is 12. The van der Waals surface area contributed by atoms with E-state index in [2.05, 4.69) is 74.6 Å². The van der Waals surface area contributed by atoms with Crippen LogP contribution in [0.3, 0.4) is 0 Å². The van der Waals surface area contributed by atoms with E-state index < -0.39 is 32.5 Å². The van der Waals surface area contributed by atoms with Crippen LogP contribution in [0.5, 0.6) is 0 Å². The summed E-state index contributed by atoms with van der Waals surface area (Å²) in [6.45, 7) is 4.21. The Morgan fingerprint density at radius 1 is 0.604 bits per heavy atom. The Hall–Kier alpha value is -2.29. The van der Waals surface area contributed by atoms with E-state index in [4.69, 9.17) is 18.5 Å². The lowest BCUT2D eigenvalue weighted by molar-refractivity contribution is -0.870. The first-order chi connectivity index (χ1) is 25.5. The summed E-state index contributed by atoms with van der Waals surface area (Å²) in [6.07, 6.45) is 41.2. The molecule has 0 bridgehead atoms. The number of hydrogen-bond donors (Lipinski definition) is 1. The Bertz CT molecular complexity index is 1090. The molecule has 0 heterocycles. The highest BCUT2D eigenvalue weighted by atomic mass is 31.2. The van der Waals surface area contributed by atoms with Gasteiger partial charge in [-0.15, -0.1) is 0 Å². The molecule has 0 saturated carbocycles. The molecule has 0 rings (SSSR count). The molecule has 0 fully saturated rings. The topological polar surface area (TPSA) is 108 Å². The number of quaternary nitrogens is 1. The average molecular weight is 767 g/mol. The summed E-state index contributed by atoms with van der Waals surface area (Å²) < 4.78 is 34.2. The van der Waals surface area contributed by atoms with Gasteiger partial charge in [0.2, 0.25) is 0 Å². The fourth-order valence-corrected chi connectivity index (χ4v) is 5.78. The van der Waals surface area contributed by atoms with Gasteiger partial charge in [0.1, 0.15) is 19.8 Å². The number of nitrogens with zero attached hydrogens (tertiary/aromatic N) is 1. The van der Waals surface area contributed by atoms with E-state index in [-0.39, 0.29) is 26.1 Å². The summed E-state index contributed by atoms with van der Waals surface area (Å²) in [5, 5.41) is 0. The molecule has 1 N–H and O–H groups in total. The van der Waals surface area contributed by atoms with E-state index in [9.17, 15) is 19.0 Å². The van der Waals surface area contributed by atoms with Gasteiger partial charge in [0.05, 0.1) is 27.7 Å². The normalized spacial score (nSPS) is 14.3. The molecule has 9 nitrogen and oxygen atoms in total. The van der Waals surface area contributed by atoms with Crippen LogP contribution in [0.25, 0.3) is 0 Å². The van der Waals surface area contributed by atoms with Gasteiger partial charge in [0, 0.05) is 12.8 Å². The van der Waals surface area contributed by atoms with Gasteiger partial charge in [-0.05, 0) is 70.6 Å². The van der Waals surface area contributed by atoms with Crippen LogP contribution in [0.1, 0.15) is 149 Å². The van der Waals surface area contributed by atoms with Crippen molar-refractivity contribution in [1.82, 2.24) is 0 Å². The van der Waals surface area contributed by atoms with Crippen molar-refractivity contribution in [2.24, 2.45) is 0 Å². The second-order valence-corrected chi connectivity index (χ2v) is 16.1. The molecular formula is C43H77NO8P+. The van der Waals surface area contributed by atoms with Gasteiger partial charge in [-0.1, -0.05) is 126 Å². The van der Waals surface area contributed by atoms with Gasteiger partial charge >= 0.3 is 19.8 Å². The van der Waals surface area contributed by atoms with E-state index in [1.165, 1.54) is 12.8 Å². The Morgan fingerprint density at radius 2 is 1.08 bits per heavy atom. The number of carbonyl (C=O) groups is 2. The standard InChI is InChI=1S/C43H76NO8P/c1-6-8-10-12-14-16-18-20-22-24-26-28-30-32-34-36-43(46)52-41(40-51-53(47,48)50-38-37-44(3,4)5)39-49-42(45)35-33-31-29-27-25-23-21-19-17-15-13-11-9-7-2/h8,10,13-16,19-22,41H,6-7,9,11-12,17-18,23-40H2,1-5H3/p+1/b10-8+,15-13+,16-14+,21-19+,22-20+/t41-/m1/s1. The van der Waals surface area contributed by atoms with E-state index in [0.29, 0.717) is 17.4 Å². The molecule has 306 valence electrons. The molecule has 0 amide bonds. The zero-order valence-electron chi connectivity index (χ0n) is 34.2. The zero-order chi connectivity index (χ0) is 39.3. The summed E-state index contributed by atoms with van der Waals surface area (Å²) >= 11 is 0. The van der Waals surface area contributed by atoms with Crippen molar-refractivity contribution >= 4 is 19.8 Å². The van der Waals surface area contributed by atoms with Gasteiger partial charge in [0.25, 0.3) is 0 Å². The van der Waals surface area contributed by atoms with Gasteiger partial charge in [-0.3, -0.25) is 18.6 Å². The first-order valence-corrected chi connectivity index (χ1v) is 22.0. The van der Waals surface area contributed by atoms with Crippen LogP contribution in [0.15, 0.2) is 60.8 Å². The Kier molecular flexibility index (Phi) is 33.9. The van der Waals surface area contributed by atoms with Crippen LogP contribution < -0.4 is 0 Å². The molecule has 1 unspecified atom stereocenters. The Balaban J connectivity index is 4.47. The van der Waals surface area contributed by atoms with Crippen molar-refractivity contribution in [3.8, 4) is 0 Å². The predicted octanol–water partition coefficient (Wildman–Crippen LogP) is 11.3. The number of rotatable bonds is 36. The van der Waals surface area contributed by atoms with Crippen LogP contribution >= 0.6 is 7.82 Å². The molecule has 0 aliphatic rings. The number of phosphoric acid groups is 1. The molecule has 0 radical (unpaired) electrons. The van der Waals surface area contributed by atoms with E-state index in [0.717, 1.165) is 103 Å². The maximum atomic E-state index is 12.6. The highest BCUT2D eigenvalue weighted by molar-refractivity contribution is 7.47. The van der Waals surface area contributed by atoms with Crippen LogP contribution in [-0.4, -0.2) is 74.9 Å². The summed E-state index contributed by atoms with van der Waals surface area (Å²) in [7, 11) is 1.44. The molecular weight excluding hydrogens is 689 g/mol. The van der Waals surface area contributed by atoms with Crippen molar-refractivity contribution in [3.05, 3.63) is 60.8 Å². The molecule has 0 aromatic rings. The van der Waals surface area contributed by atoms with Crippen LogP contribution in [0.4, 0.5) is 0 Å². The molecule has 0 aromatic carbocycles. The minimum absolute atomic E-state index is 0.0229. The second-order valence-electron chi connectivity index (χ2n) is 14.6. The fourth-order valence-electron chi connectivity index (χ4n) is 5.04. The van der Waals surface area contributed by atoms with Crippen molar-refractivity contribution < 1.29 is 42.1 Å². The first kappa shape index (κ1) is 50.7. The minimum Gasteiger partial charge on any atom is -0.462 e. The Labute approximate surface area is 324 Å². The number of phosphoric ester groups is 1. The van der Waals surface area contributed by atoms with Crippen molar-refractivity contribution in [1.29, 1.82) is 0 Å². The third kappa shape index (κ3) is 39.2. The second kappa shape index (κ2) is 35.4. The molecule has 0 aromatic heterocycles. The van der Waals surface area contributed by atoms with E-state index in [1.54, 1.807) is 0 Å². The third-order valence-corrected chi connectivity index (χ3v) is 9.27. The summed E-state index contributed by atoms with van der Waals surface area (Å²) in [5.74, 6) is -0.841. The van der Waals surface area contributed by atoms with Crippen molar-refractivity contribution in [2.45, 2.75) is 155 Å². The SMILES string of the molecule is CC/C=C/C/C=C/C/C=C/CCCCCCCC(=O)O[C@H](COC(=O)CCCCCCC/C=C/C/C=C/CCCC)COP(=O)(O)OCC[N+](C)(C)C. The molecule has 10 heteroatoms. The maximum Gasteiger partial charge on any atom is 0.472 e. The molecule has 53 heavy (non-hydrogen) atoms. The smallest absolute Gasteiger partial charge is 0.462 e. The molecule has 2 atom stereocenters. The van der Waals surface area contributed by atoms with E-state index >= 15 is 0 Å². The van der Waals surface area contributed by atoms with Crippen LogP contribution in [0.2, 0.25) is 0 Å². The fraction of sp³-hybridized carbons (Fsp3) is 0.721. The zero-order valence-corrected chi connectivity index (χ0v) is 35.1. The van der Waals surface area contributed by atoms with Gasteiger partial charge < -0.3 is 18.9 Å². The predicted molar refractivity (Wildman–Crippen MR) is 219 cm³/mol. The summed E-state index contributed by atoms with van der Waals surface area (Å²) in [4.78, 5) is 35.3.